The Hall–Kier alpha value is -2.61. The van der Waals surface area contributed by atoms with E-state index in [9.17, 15) is 4.79 Å². The Morgan fingerprint density at radius 2 is 2.08 bits per heavy atom. The highest BCUT2D eigenvalue weighted by molar-refractivity contribution is 7.98. The number of nitrogens with one attached hydrogen (secondary N) is 3. The quantitative estimate of drug-likeness (QED) is 0.535. The molecule has 8 heteroatoms. The van der Waals surface area contributed by atoms with E-state index >= 15 is 0 Å². The number of pyridine rings is 1. The highest BCUT2D eigenvalue weighted by Crippen LogP contribution is 2.12. The van der Waals surface area contributed by atoms with Crippen molar-refractivity contribution in [2.75, 3.05) is 17.6 Å². The number of hydrogen-bond acceptors (Lipinski definition) is 6. The zero-order chi connectivity index (χ0) is 17.5. The molecule has 3 N–H and O–H groups in total. The van der Waals surface area contributed by atoms with Crippen molar-refractivity contribution in [2.24, 2.45) is 0 Å². The van der Waals surface area contributed by atoms with Gasteiger partial charge in [-0.2, -0.15) is 11.8 Å². The van der Waals surface area contributed by atoms with Crippen LogP contribution in [-0.2, 0) is 12.2 Å². The summed E-state index contributed by atoms with van der Waals surface area (Å²) in [4.78, 5) is 30.5. The standard InChI is InChI=1S/C17H20N6OS/c1-12-15(22-11-21-12)10-25-7-6-19-17-20-9-14(16(24)23-17)8-13-2-4-18-5-3-13/h2-5,9,11H,6-8,10H2,1H3,(H,21,22)(H2,19,20,23,24). The molecule has 0 aliphatic carbocycles. The van der Waals surface area contributed by atoms with E-state index in [2.05, 4.69) is 30.2 Å². The largest absolute Gasteiger partial charge is 0.355 e. The molecule has 0 amide bonds. The summed E-state index contributed by atoms with van der Waals surface area (Å²) in [5, 5.41) is 3.15. The first-order valence-corrected chi connectivity index (χ1v) is 9.15. The number of aromatic amines is 2. The van der Waals surface area contributed by atoms with Crippen molar-refractivity contribution in [3.63, 3.8) is 0 Å². The number of aryl methyl sites for hydroxylation is 1. The summed E-state index contributed by atoms with van der Waals surface area (Å²) >= 11 is 1.78. The Bertz CT molecular complexity index is 861. The smallest absolute Gasteiger partial charge is 0.255 e. The fourth-order valence-electron chi connectivity index (χ4n) is 2.30. The van der Waals surface area contributed by atoms with E-state index in [1.807, 2.05) is 19.1 Å². The summed E-state index contributed by atoms with van der Waals surface area (Å²) in [5.74, 6) is 2.26. The van der Waals surface area contributed by atoms with Crippen LogP contribution in [-0.4, -0.2) is 37.2 Å². The second kappa shape index (κ2) is 8.48. The molecule has 0 aliphatic heterocycles. The first-order chi connectivity index (χ1) is 12.2. The van der Waals surface area contributed by atoms with Crippen LogP contribution in [0.25, 0.3) is 0 Å². The number of thioether (sulfide) groups is 1. The predicted molar refractivity (Wildman–Crippen MR) is 99.9 cm³/mol. The number of H-pyrrole nitrogens is 2. The van der Waals surface area contributed by atoms with Crippen LogP contribution in [0.2, 0.25) is 0 Å². The molecule has 130 valence electrons. The molecule has 0 spiro atoms. The minimum Gasteiger partial charge on any atom is -0.355 e. The first kappa shape index (κ1) is 17.2. The molecule has 0 bridgehead atoms. The number of imidazole rings is 1. The summed E-state index contributed by atoms with van der Waals surface area (Å²) in [7, 11) is 0. The lowest BCUT2D eigenvalue weighted by Gasteiger charge is -2.06. The summed E-state index contributed by atoms with van der Waals surface area (Å²) in [6, 6.07) is 3.79. The van der Waals surface area contributed by atoms with Gasteiger partial charge in [-0.25, -0.2) is 9.97 Å². The molecule has 3 heterocycles. The predicted octanol–water partition coefficient (Wildman–Crippen LogP) is 2.13. The van der Waals surface area contributed by atoms with Gasteiger partial charge in [0.15, 0.2) is 0 Å². The summed E-state index contributed by atoms with van der Waals surface area (Å²) < 4.78 is 0. The Balaban J connectivity index is 1.46. The zero-order valence-electron chi connectivity index (χ0n) is 14.0. The zero-order valence-corrected chi connectivity index (χ0v) is 14.8. The minimum atomic E-state index is -0.117. The molecule has 0 fully saturated rings. The molecule has 0 aliphatic rings. The Labute approximate surface area is 149 Å². The number of anilines is 1. The molecule has 25 heavy (non-hydrogen) atoms. The molecule has 3 rings (SSSR count). The third kappa shape index (κ3) is 4.93. The summed E-state index contributed by atoms with van der Waals surface area (Å²) in [6.45, 7) is 2.74. The number of aromatic nitrogens is 5. The molecule has 3 aromatic rings. The maximum atomic E-state index is 12.2. The van der Waals surface area contributed by atoms with Gasteiger partial charge in [0.05, 0.1) is 12.0 Å². The second-order valence-corrected chi connectivity index (χ2v) is 6.68. The highest BCUT2D eigenvalue weighted by Gasteiger charge is 2.04. The molecule has 0 radical (unpaired) electrons. The van der Waals surface area contributed by atoms with Crippen LogP contribution >= 0.6 is 11.8 Å². The first-order valence-electron chi connectivity index (χ1n) is 8.00. The van der Waals surface area contributed by atoms with Gasteiger partial charge in [-0.3, -0.25) is 14.8 Å². The van der Waals surface area contributed by atoms with Gasteiger partial charge in [-0.15, -0.1) is 0 Å². The van der Waals surface area contributed by atoms with Crippen LogP contribution < -0.4 is 10.9 Å². The third-order valence-corrected chi connectivity index (χ3v) is 4.70. The molecule has 0 saturated carbocycles. The topological polar surface area (TPSA) is 99.3 Å². The van der Waals surface area contributed by atoms with E-state index in [0.717, 1.165) is 35.0 Å². The average Bonchev–Trinajstić information content (AvgIpc) is 3.03. The van der Waals surface area contributed by atoms with Crippen molar-refractivity contribution in [2.45, 2.75) is 19.1 Å². The summed E-state index contributed by atoms with van der Waals surface area (Å²) in [6.07, 6.45) is 7.32. The number of nitrogens with zero attached hydrogens (tertiary/aromatic N) is 3. The minimum absolute atomic E-state index is 0.117. The van der Waals surface area contributed by atoms with Crippen LogP contribution in [0.5, 0.6) is 0 Å². The maximum Gasteiger partial charge on any atom is 0.255 e. The van der Waals surface area contributed by atoms with Gasteiger partial charge in [0.1, 0.15) is 0 Å². The van der Waals surface area contributed by atoms with Crippen molar-refractivity contribution in [3.8, 4) is 0 Å². The van der Waals surface area contributed by atoms with Gasteiger partial charge >= 0.3 is 0 Å². The molecule has 7 nitrogen and oxygen atoms in total. The van der Waals surface area contributed by atoms with E-state index in [-0.39, 0.29) is 5.56 Å². The van der Waals surface area contributed by atoms with E-state index in [4.69, 9.17) is 0 Å². The Kier molecular flexibility index (Phi) is 5.84. The number of hydrogen-bond donors (Lipinski definition) is 3. The van der Waals surface area contributed by atoms with E-state index in [1.165, 1.54) is 0 Å². The SMILES string of the molecule is Cc1[nH]cnc1CSCCNc1ncc(Cc2ccncc2)c(=O)[nH]1. The van der Waals surface area contributed by atoms with Gasteiger partial charge in [0, 0.05) is 54.3 Å². The lowest BCUT2D eigenvalue weighted by Crippen LogP contribution is -2.18. The Morgan fingerprint density at radius 1 is 1.24 bits per heavy atom. The molecule has 0 saturated heterocycles. The Morgan fingerprint density at radius 3 is 2.80 bits per heavy atom. The van der Waals surface area contributed by atoms with Crippen LogP contribution in [0.15, 0.2) is 41.8 Å². The fraction of sp³-hybridized carbons (Fsp3) is 0.294. The van der Waals surface area contributed by atoms with Gasteiger partial charge in [0.2, 0.25) is 5.95 Å². The van der Waals surface area contributed by atoms with Crippen LogP contribution in [0.3, 0.4) is 0 Å². The fourth-order valence-corrected chi connectivity index (χ4v) is 3.18. The van der Waals surface area contributed by atoms with Crippen molar-refractivity contribution in [3.05, 3.63) is 69.9 Å². The van der Waals surface area contributed by atoms with Crippen molar-refractivity contribution < 1.29 is 0 Å². The van der Waals surface area contributed by atoms with Crippen LogP contribution in [0.1, 0.15) is 22.5 Å². The molecular weight excluding hydrogens is 336 g/mol. The van der Waals surface area contributed by atoms with E-state index in [0.29, 0.717) is 17.9 Å². The van der Waals surface area contributed by atoms with E-state index in [1.54, 1.807) is 36.7 Å². The van der Waals surface area contributed by atoms with Crippen molar-refractivity contribution in [1.29, 1.82) is 0 Å². The molecule has 3 aromatic heterocycles. The van der Waals surface area contributed by atoms with Crippen LogP contribution in [0, 0.1) is 6.92 Å². The van der Waals surface area contributed by atoms with Crippen LogP contribution in [0.4, 0.5) is 5.95 Å². The molecular formula is C17H20N6OS. The molecule has 0 aromatic carbocycles. The third-order valence-electron chi connectivity index (χ3n) is 3.73. The lowest BCUT2D eigenvalue weighted by atomic mass is 10.1. The highest BCUT2D eigenvalue weighted by atomic mass is 32.2. The second-order valence-electron chi connectivity index (χ2n) is 5.57. The average molecular weight is 356 g/mol. The monoisotopic (exact) mass is 356 g/mol. The van der Waals surface area contributed by atoms with Crippen molar-refractivity contribution >= 4 is 17.7 Å². The van der Waals surface area contributed by atoms with Crippen molar-refractivity contribution in [1.82, 2.24) is 24.9 Å². The summed E-state index contributed by atoms with van der Waals surface area (Å²) in [5.41, 5.74) is 3.75. The van der Waals surface area contributed by atoms with Gasteiger partial charge in [0.25, 0.3) is 5.56 Å². The lowest BCUT2D eigenvalue weighted by molar-refractivity contribution is 1.00. The maximum absolute atomic E-state index is 12.2. The normalized spacial score (nSPS) is 10.8. The molecule has 0 unspecified atom stereocenters. The van der Waals surface area contributed by atoms with Gasteiger partial charge in [-0.1, -0.05) is 0 Å². The molecule has 0 atom stereocenters. The number of rotatable bonds is 8. The van der Waals surface area contributed by atoms with Gasteiger partial charge < -0.3 is 10.3 Å². The van der Waals surface area contributed by atoms with Gasteiger partial charge in [-0.05, 0) is 24.6 Å². The van der Waals surface area contributed by atoms with E-state index < -0.39 is 0 Å².